The lowest BCUT2D eigenvalue weighted by molar-refractivity contribution is 0.306. The molecule has 1 fully saturated rings. The van der Waals surface area contributed by atoms with Crippen molar-refractivity contribution in [3.05, 3.63) is 17.4 Å². The lowest BCUT2D eigenvalue weighted by atomic mass is 10.2. The Balaban J connectivity index is 2.13. The molecule has 0 aliphatic heterocycles. The zero-order valence-electron chi connectivity index (χ0n) is 8.53. The average Bonchev–Trinajstić information content (AvgIpc) is 2.65. The number of aromatic nitrogens is 2. The molecule has 0 N–H and O–H groups in total. The molecule has 0 radical (unpaired) electrons. The van der Waals surface area contributed by atoms with Crippen molar-refractivity contribution in [1.82, 2.24) is 9.97 Å². The summed E-state index contributed by atoms with van der Waals surface area (Å²) in [6.45, 7) is 0. The van der Waals surface area contributed by atoms with Gasteiger partial charge in [0, 0.05) is 7.05 Å². The van der Waals surface area contributed by atoms with E-state index >= 15 is 0 Å². The number of alkyl halides is 1. The van der Waals surface area contributed by atoms with E-state index in [1.807, 2.05) is 7.05 Å². The standard InChI is InChI=1S/C10H13ClFN3/c1-15(9-4-2-3-8(9)12)10-13-5-7(11)6-14-10/h5-6,8-9H,2-4H2,1H3/t8-,9-/m1/s1. The van der Waals surface area contributed by atoms with Gasteiger partial charge in [0.15, 0.2) is 0 Å². The smallest absolute Gasteiger partial charge is 0.225 e. The summed E-state index contributed by atoms with van der Waals surface area (Å²) >= 11 is 5.69. The third-order valence-corrected chi connectivity index (χ3v) is 3.01. The topological polar surface area (TPSA) is 29.0 Å². The number of rotatable bonds is 2. The first-order chi connectivity index (χ1) is 7.18. The summed E-state index contributed by atoms with van der Waals surface area (Å²) < 4.78 is 13.5. The summed E-state index contributed by atoms with van der Waals surface area (Å²) in [5.74, 6) is 0.536. The average molecular weight is 230 g/mol. The van der Waals surface area contributed by atoms with E-state index in [0.29, 0.717) is 17.4 Å². The number of nitrogens with zero attached hydrogens (tertiary/aromatic N) is 3. The van der Waals surface area contributed by atoms with Gasteiger partial charge in [0.2, 0.25) is 5.95 Å². The Kier molecular flexibility index (Phi) is 3.05. The van der Waals surface area contributed by atoms with Gasteiger partial charge >= 0.3 is 0 Å². The van der Waals surface area contributed by atoms with Crippen molar-refractivity contribution >= 4 is 17.5 Å². The molecule has 2 rings (SSSR count). The Morgan fingerprint density at radius 1 is 1.40 bits per heavy atom. The summed E-state index contributed by atoms with van der Waals surface area (Å²) in [6.07, 6.45) is 4.73. The monoisotopic (exact) mass is 229 g/mol. The van der Waals surface area contributed by atoms with E-state index in [2.05, 4.69) is 9.97 Å². The molecule has 0 saturated heterocycles. The number of hydrogen-bond acceptors (Lipinski definition) is 3. The molecule has 1 saturated carbocycles. The largest absolute Gasteiger partial charge is 0.338 e. The van der Waals surface area contributed by atoms with E-state index in [9.17, 15) is 4.39 Å². The van der Waals surface area contributed by atoms with E-state index in [1.165, 1.54) is 12.4 Å². The third kappa shape index (κ3) is 2.20. The lowest BCUT2D eigenvalue weighted by Crippen LogP contribution is -2.36. The van der Waals surface area contributed by atoms with Gasteiger partial charge in [0.25, 0.3) is 0 Å². The van der Waals surface area contributed by atoms with Crippen molar-refractivity contribution in [3.63, 3.8) is 0 Å². The normalized spacial score (nSPS) is 25.5. The molecule has 0 spiro atoms. The molecule has 15 heavy (non-hydrogen) atoms. The zero-order valence-corrected chi connectivity index (χ0v) is 9.28. The van der Waals surface area contributed by atoms with Gasteiger partial charge in [0.05, 0.1) is 23.5 Å². The van der Waals surface area contributed by atoms with Crippen LogP contribution in [0.15, 0.2) is 12.4 Å². The quantitative estimate of drug-likeness (QED) is 0.780. The van der Waals surface area contributed by atoms with E-state index in [0.717, 1.165) is 12.8 Å². The van der Waals surface area contributed by atoms with E-state index in [1.54, 1.807) is 4.90 Å². The zero-order chi connectivity index (χ0) is 10.8. The van der Waals surface area contributed by atoms with Crippen LogP contribution in [-0.4, -0.2) is 29.2 Å². The number of anilines is 1. The molecule has 0 amide bonds. The highest BCUT2D eigenvalue weighted by molar-refractivity contribution is 6.30. The summed E-state index contributed by atoms with van der Waals surface area (Å²) in [7, 11) is 1.83. The first-order valence-electron chi connectivity index (χ1n) is 5.03. The maximum atomic E-state index is 13.5. The fourth-order valence-corrected chi connectivity index (χ4v) is 2.07. The third-order valence-electron chi connectivity index (χ3n) is 2.82. The minimum absolute atomic E-state index is 0.0915. The van der Waals surface area contributed by atoms with Crippen molar-refractivity contribution < 1.29 is 4.39 Å². The SMILES string of the molecule is CN(c1ncc(Cl)cn1)[C@@H]1CCC[C@H]1F. The molecule has 82 valence electrons. The molecule has 3 nitrogen and oxygen atoms in total. The molecule has 1 aliphatic rings. The van der Waals surface area contributed by atoms with Crippen LogP contribution in [0, 0.1) is 0 Å². The Hall–Kier alpha value is -0.900. The van der Waals surface area contributed by atoms with Gasteiger partial charge in [-0.25, -0.2) is 14.4 Å². The molecule has 0 unspecified atom stereocenters. The lowest BCUT2D eigenvalue weighted by Gasteiger charge is -2.25. The minimum Gasteiger partial charge on any atom is -0.338 e. The number of halogens is 2. The van der Waals surface area contributed by atoms with Crippen LogP contribution in [0.3, 0.4) is 0 Å². The van der Waals surface area contributed by atoms with Gasteiger partial charge < -0.3 is 4.90 Å². The van der Waals surface area contributed by atoms with Crippen LogP contribution in [0.4, 0.5) is 10.3 Å². The maximum Gasteiger partial charge on any atom is 0.225 e. The summed E-state index contributed by atoms with van der Waals surface area (Å²) in [5, 5.41) is 0.496. The molecule has 1 aromatic rings. The molecule has 1 aromatic heterocycles. The summed E-state index contributed by atoms with van der Waals surface area (Å²) in [5.41, 5.74) is 0. The van der Waals surface area contributed by atoms with E-state index in [4.69, 9.17) is 11.6 Å². The summed E-state index contributed by atoms with van der Waals surface area (Å²) in [6, 6.07) is -0.0915. The molecule has 1 heterocycles. The van der Waals surface area contributed by atoms with Gasteiger partial charge in [-0.3, -0.25) is 0 Å². The Labute approximate surface area is 93.3 Å². The van der Waals surface area contributed by atoms with Gasteiger partial charge in [0.1, 0.15) is 6.17 Å². The van der Waals surface area contributed by atoms with Crippen molar-refractivity contribution in [2.24, 2.45) is 0 Å². The molecule has 0 aromatic carbocycles. The van der Waals surface area contributed by atoms with Crippen LogP contribution >= 0.6 is 11.6 Å². The summed E-state index contributed by atoms with van der Waals surface area (Å²) in [4.78, 5) is 9.95. The molecule has 2 atom stereocenters. The highest BCUT2D eigenvalue weighted by Gasteiger charge is 2.31. The fourth-order valence-electron chi connectivity index (χ4n) is 1.97. The first-order valence-corrected chi connectivity index (χ1v) is 5.40. The van der Waals surface area contributed by atoms with Crippen LogP contribution < -0.4 is 4.90 Å². The van der Waals surface area contributed by atoms with Gasteiger partial charge in [-0.2, -0.15) is 0 Å². The van der Waals surface area contributed by atoms with Crippen LogP contribution in [0.1, 0.15) is 19.3 Å². The van der Waals surface area contributed by atoms with Gasteiger partial charge in [-0.1, -0.05) is 11.6 Å². The minimum atomic E-state index is -0.769. The van der Waals surface area contributed by atoms with Gasteiger partial charge in [-0.05, 0) is 19.3 Å². The van der Waals surface area contributed by atoms with Crippen molar-refractivity contribution in [3.8, 4) is 0 Å². The van der Waals surface area contributed by atoms with Crippen LogP contribution in [0.2, 0.25) is 5.02 Å². The molecule has 0 bridgehead atoms. The van der Waals surface area contributed by atoms with Gasteiger partial charge in [-0.15, -0.1) is 0 Å². The first kappa shape index (κ1) is 10.6. The second-order valence-electron chi connectivity index (χ2n) is 3.83. The molecule has 1 aliphatic carbocycles. The van der Waals surface area contributed by atoms with E-state index < -0.39 is 6.17 Å². The van der Waals surface area contributed by atoms with Crippen molar-refractivity contribution in [1.29, 1.82) is 0 Å². The van der Waals surface area contributed by atoms with Crippen LogP contribution in [0.25, 0.3) is 0 Å². The van der Waals surface area contributed by atoms with Crippen LogP contribution in [-0.2, 0) is 0 Å². The number of hydrogen-bond donors (Lipinski definition) is 0. The predicted molar refractivity (Wildman–Crippen MR) is 58.0 cm³/mol. The Morgan fingerprint density at radius 2 is 2.07 bits per heavy atom. The molecular weight excluding hydrogens is 217 g/mol. The Morgan fingerprint density at radius 3 is 2.60 bits per heavy atom. The highest BCUT2D eigenvalue weighted by atomic mass is 35.5. The van der Waals surface area contributed by atoms with Crippen LogP contribution in [0.5, 0.6) is 0 Å². The van der Waals surface area contributed by atoms with E-state index in [-0.39, 0.29) is 6.04 Å². The maximum absolute atomic E-state index is 13.5. The second kappa shape index (κ2) is 4.31. The second-order valence-corrected chi connectivity index (χ2v) is 4.26. The highest BCUT2D eigenvalue weighted by Crippen LogP contribution is 2.27. The molecular formula is C10H13ClFN3. The van der Waals surface area contributed by atoms with Crippen molar-refractivity contribution in [2.75, 3.05) is 11.9 Å². The molecule has 5 heteroatoms. The fraction of sp³-hybridized carbons (Fsp3) is 0.600. The van der Waals surface area contributed by atoms with Crippen molar-refractivity contribution in [2.45, 2.75) is 31.5 Å². The predicted octanol–water partition coefficient (Wildman–Crippen LogP) is 2.46. The Bertz CT molecular complexity index is 330.